The van der Waals surface area contributed by atoms with E-state index in [9.17, 15) is 0 Å². The summed E-state index contributed by atoms with van der Waals surface area (Å²) in [6, 6.07) is 4.20. The first kappa shape index (κ1) is 7.61. The Morgan fingerprint density at radius 3 is 3.00 bits per heavy atom. The molecule has 0 aliphatic rings. The van der Waals surface area contributed by atoms with Crippen LogP contribution in [0.25, 0.3) is 0 Å². The minimum absolute atomic E-state index is 1.05. The fourth-order valence-electron chi connectivity index (χ4n) is 0.815. The van der Waals surface area contributed by atoms with Gasteiger partial charge in [-0.1, -0.05) is 0 Å². The number of aromatic nitrogens is 1. The Bertz CT molecular complexity index is 191. The van der Waals surface area contributed by atoms with Gasteiger partial charge in [0.2, 0.25) is 0 Å². The van der Waals surface area contributed by atoms with Gasteiger partial charge in [-0.25, -0.2) is 4.57 Å². The maximum absolute atomic E-state index is 2.17. The molecule has 10 heavy (non-hydrogen) atoms. The van der Waals surface area contributed by atoms with E-state index >= 15 is 0 Å². The lowest BCUT2D eigenvalue weighted by molar-refractivity contribution is -0.695. The third-order valence-corrected chi connectivity index (χ3v) is 2.14. The Morgan fingerprint density at radius 2 is 2.40 bits per heavy atom. The maximum Gasteiger partial charge on any atom is 0.182 e. The zero-order valence-electron chi connectivity index (χ0n) is 6.37. The van der Waals surface area contributed by atoms with Crippen molar-refractivity contribution in [3.63, 3.8) is 0 Å². The van der Waals surface area contributed by atoms with Crippen LogP contribution in [-0.4, -0.2) is 6.26 Å². The predicted octanol–water partition coefficient (Wildman–Crippen LogP) is 1.72. The molecule has 54 valence electrons. The maximum atomic E-state index is 2.17. The van der Waals surface area contributed by atoms with Crippen LogP contribution in [0, 0.1) is 0 Å². The lowest BCUT2D eigenvalue weighted by Gasteiger charge is -1.93. The van der Waals surface area contributed by atoms with Crippen molar-refractivity contribution in [3.8, 4) is 0 Å². The van der Waals surface area contributed by atoms with Gasteiger partial charge in [0.05, 0.1) is 4.90 Å². The first-order chi connectivity index (χ1) is 4.86. The van der Waals surface area contributed by atoms with E-state index < -0.39 is 0 Å². The average molecular weight is 154 g/mol. The molecule has 1 rings (SSSR count). The molecule has 0 bridgehead atoms. The van der Waals surface area contributed by atoms with Crippen molar-refractivity contribution in [2.45, 2.75) is 18.4 Å². The molecule has 0 saturated heterocycles. The molecule has 1 nitrogen and oxygen atoms in total. The van der Waals surface area contributed by atoms with Gasteiger partial charge in [-0.3, -0.25) is 0 Å². The van der Waals surface area contributed by atoms with Crippen LogP contribution in [0.5, 0.6) is 0 Å². The van der Waals surface area contributed by atoms with Gasteiger partial charge in [-0.2, -0.15) is 0 Å². The number of rotatable bonds is 2. The standard InChI is InChI=1S/C8H12NS/c1-3-9-6-4-5-8(7-9)10-2/h4-7H,3H2,1-2H3/q+1. The first-order valence-electron chi connectivity index (χ1n) is 3.40. The molecule has 0 amide bonds. The number of hydrogen-bond donors (Lipinski definition) is 0. The average Bonchev–Trinajstić information content (AvgIpc) is 2.05. The highest BCUT2D eigenvalue weighted by molar-refractivity contribution is 7.98. The smallest absolute Gasteiger partial charge is 0.182 e. The summed E-state index contributed by atoms with van der Waals surface area (Å²) < 4.78 is 2.17. The third kappa shape index (κ3) is 1.74. The molecule has 0 fully saturated rings. The van der Waals surface area contributed by atoms with E-state index in [1.54, 1.807) is 11.8 Å². The van der Waals surface area contributed by atoms with Crippen molar-refractivity contribution in [1.29, 1.82) is 0 Å². The van der Waals surface area contributed by atoms with Crippen LogP contribution in [-0.2, 0) is 6.54 Å². The number of thioether (sulfide) groups is 1. The molecule has 0 aromatic carbocycles. The molecule has 0 saturated carbocycles. The van der Waals surface area contributed by atoms with E-state index in [4.69, 9.17) is 0 Å². The highest BCUT2D eigenvalue weighted by Gasteiger charge is 1.96. The molecule has 1 aromatic rings. The van der Waals surface area contributed by atoms with E-state index in [0.717, 1.165) is 6.54 Å². The van der Waals surface area contributed by atoms with Gasteiger partial charge in [-0.05, 0) is 19.2 Å². The third-order valence-electron chi connectivity index (χ3n) is 1.43. The van der Waals surface area contributed by atoms with Gasteiger partial charge in [0.25, 0.3) is 0 Å². The van der Waals surface area contributed by atoms with E-state index in [2.05, 4.69) is 42.3 Å². The van der Waals surface area contributed by atoms with Crippen LogP contribution in [0.15, 0.2) is 29.4 Å². The summed E-state index contributed by atoms with van der Waals surface area (Å²) >= 11 is 1.78. The molecule has 0 radical (unpaired) electrons. The molecule has 1 heterocycles. The summed E-state index contributed by atoms with van der Waals surface area (Å²) in [6.45, 7) is 3.19. The summed E-state index contributed by atoms with van der Waals surface area (Å²) in [5.41, 5.74) is 0. The summed E-state index contributed by atoms with van der Waals surface area (Å²) in [7, 11) is 0. The Balaban J connectivity index is 2.87. The molecule has 0 aliphatic heterocycles. The van der Waals surface area contributed by atoms with Gasteiger partial charge < -0.3 is 0 Å². The molecule has 0 aliphatic carbocycles. The van der Waals surface area contributed by atoms with E-state index in [0.29, 0.717) is 0 Å². The van der Waals surface area contributed by atoms with Crippen molar-refractivity contribution in [2.24, 2.45) is 0 Å². The second-order valence-electron chi connectivity index (χ2n) is 2.07. The van der Waals surface area contributed by atoms with Gasteiger partial charge in [0.1, 0.15) is 6.54 Å². The summed E-state index contributed by atoms with van der Waals surface area (Å²) in [6.07, 6.45) is 6.33. The number of nitrogens with zero attached hydrogens (tertiary/aromatic N) is 1. The normalized spacial score (nSPS) is 9.80. The minimum Gasteiger partial charge on any atom is -0.204 e. The van der Waals surface area contributed by atoms with Crippen molar-refractivity contribution in [1.82, 2.24) is 0 Å². The molecule has 0 spiro atoms. The quantitative estimate of drug-likeness (QED) is 0.463. The molecule has 0 N–H and O–H groups in total. The van der Waals surface area contributed by atoms with Gasteiger partial charge >= 0.3 is 0 Å². The lowest BCUT2D eigenvalue weighted by atomic mass is 10.5. The van der Waals surface area contributed by atoms with Gasteiger partial charge in [0.15, 0.2) is 12.4 Å². The Morgan fingerprint density at radius 1 is 1.60 bits per heavy atom. The van der Waals surface area contributed by atoms with Crippen molar-refractivity contribution in [3.05, 3.63) is 24.5 Å². The largest absolute Gasteiger partial charge is 0.204 e. The van der Waals surface area contributed by atoms with Crippen molar-refractivity contribution < 1.29 is 4.57 Å². The summed E-state index contributed by atoms with van der Waals surface area (Å²) in [5, 5.41) is 0. The zero-order chi connectivity index (χ0) is 7.40. The molecule has 0 unspecified atom stereocenters. The van der Waals surface area contributed by atoms with Gasteiger partial charge in [-0.15, -0.1) is 11.8 Å². The van der Waals surface area contributed by atoms with Crippen LogP contribution in [0.2, 0.25) is 0 Å². The second-order valence-corrected chi connectivity index (χ2v) is 2.95. The molecule has 2 heteroatoms. The summed E-state index contributed by atoms with van der Waals surface area (Å²) in [5.74, 6) is 0. The van der Waals surface area contributed by atoms with Crippen LogP contribution in [0.3, 0.4) is 0 Å². The molecule has 1 aromatic heterocycles. The Kier molecular flexibility index (Phi) is 2.75. The highest BCUT2D eigenvalue weighted by atomic mass is 32.2. The number of aryl methyl sites for hydroxylation is 1. The summed E-state index contributed by atoms with van der Waals surface area (Å²) in [4.78, 5) is 1.32. The second kappa shape index (κ2) is 3.62. The van der Waals surface area contributed by atoms with Crippen molar-refractivity contribution in [2.75, 3.05) is 6.26 Å². The number of hydrogen-bond acceptors (Lipinski definition) is 1. The molecular weight excluding hydrogens is 142 g/mol. The van der Waals surface area contributed by atoms with E-state index in [1.807, 2.05) is 0 Å². The topological polar surface area (TPSA) is 3.88 Å². The highest BCUT2D eigenvalue weighted by Crippen LogP contribution is 2.09. The van der Waals surface area contributed by atoms with Crippen LogP contribution < -0.4 is 4.57 Å². The van der Waals surface area contributed by atoms with Crippen molar-refractivity contribution >= 4 is 11.8 Å². The lowest BCUT2D eigenvalue weighted by Crippen LogP contribution is -2.30. The molecular formula is C8H12NS+. The fraction of sp³-hybridized carbons (Fsp3) is 0.375. The minimum atomic E-state index is 1.05. The first-order valence-corrected chi connectivity index (χ1v) is 4.62. The van der Waals surface area contributed by atoms with Gasteiger partial charge in [0, 0.05) is 6.07 Å². The predicted molar refractivity (Wildman–Crippen MR) is 44.1 cm³/mol. The Labute approximate surface area is 66.1 Å². The van der Waals surface area contributed by atoms with E-state index in [-0.39, 0.29) is 0 Å². The van der Waals surface area contributed by atoms with Crippen LogP contribution in [0.4, 0.5) is 0 Å². The monoisotopic (exact) mass is 154 g/mol. The number of pyridine rings is 1. The fourth-order valence-corrected chi connectivity index (χ4v) is 1.27. The zero-order valence-corrected chi connectivity index (χ0v) is 7.19. The van der Waals surface area contributed by atoms with E-state index in [1.165, 1.54) is 4.90 Å². The van der Waals surface area contributed by atoms with Crippen LogP contribution in [0.1, 0.15) is 6.92 Å². The van der Waals surface area contributed by atoms with Crippen LogP contribution >= 0.6 is 11.8 Å². The Hall–Kier alpha value is -0.500. The molecule has 0 atom stereocenters. The SMILES string of the molecule is CC[n+]1cccc(SC)c1.